The summed E-state index contributed by atoms with van der Waals surface area (Å²) in [7, 11) is 0. The van der Waals surface area contributed by atoms with Crippen LogP contribution in [-0.2, 0) is 4.79 Å². The second-order valence-electron chi connectivity index (χ2n) is 5.03. The number of nitrogens with one attached hydrogen (secondary N) is 1. The van der Waals surface area contributed by atoms with Crippen LogP contribution in [0.5, 0.6) is 0 Å². The van der Waals surface area contributed by atoms with Crippen molar-refractivity contribution in [3.05, 3.63) is 12.2 Å². The molecule has 0 aromatic rings. The summed E-state index contributed by atoms with van der Waals surface area (Å²) in [4.78, 5) is 11.3. The maximum atomic E-state index is 11.3. The lowest BCUT2D eigenvalue weighted by Crippen LogP contribution is -2.24. The van der Waals surface area contributed by atoms with Gasteiger partial charge in [-0.15, -0.1) is 0 Å². The van der Waals surface area contributed by atoms with Crippen molar-refractivity contribution in [3.63, 3.8) is 0 Å². The highest BCUT2D eigenvalue weighted by molar-refractivity contribution is 5.88. The summed E-state index contributed by atoms with van der Waals surface area (Å²) >= 11 is 0. The van der Waals surface area contributed by atoms with E-state index in [2.05, 4.69) is 33.0 Å². The Labute approximate surface area is 80.4 Å². The van der Waals surface area contributed by atoms with Crippen molar-refractivity contribution in [1.82, 2.24) is 5.32 Å². The van der Waals surface area contributed by atoms with E-state index in [1.165, 1.54) is 0 Å². The van der Waals surface area contributed by atoms with Gasteiger partial charge in [0.2, 0.25) is 5.91 Å². The Morgan fingerprint density at radius 2 is 2.00 bits per heavy atom. The van der Waals surface area contributed by atoms with Crippen molar-refractivity contribution in [2.24, 2.45) is 11.3 Å². The molecule has 1 N–H and O–H groups in total. The monoisotopic (exact) mass is 181 g/mol. The van der Waals surface area contributed by atoms with Crippen LogP contribution in [0, 0.1) is 11.3 Å². The smallest absolute Gasteiger partial charge is 0.243 e. The first-order chi connectivity index (χ1) is 5.88. The molecule has 1 aliphatic rings. The minimum atomic E-state index is 0.0456. The van der Waals surface area contributed by atoms with Crippen molar-refractivity contribution in [3.8, 4) is 0 Å². The third-order valence-electron chi connectivity index (χ3n) is 2.17. The normalized spacial score (nSPS) is 27.7. The minimum absolute atomic E-state index is 0.0456. The van der Waals surface area contributed by atoms with E-state index in [4.69, 9.17) is 0 Å². The van der Waals surface area contributed by atoms with E-state index in [0.717, 1.165) is 6.42 Å². The molecule has 0 heterocycles. The summed E-state index contributed by atoms with van der Waals surface area (Å²) in [6, 6.07) is 0.428. The predicted molar refractivity (Wildman–Crippen MR) is 54.3 cm³/mol. The molecule has 1 fully saturated rings. The third-order valence-corrected chi connectivity index (χ3v) is 2.17. The van der Waals surface area contributed by atoms with Gasteiger partial charge in [0.05, 0.1) is 0 Å². The van der Waals surface area contributed by atoms with Gasteiger partial charge in [0.1, 0.15) is 0 Å². The van der Waals surface area contributed by atoms with Crippen molar-refractivity contribution in [2.45, 2.75) is 40.2 Å². The lowest BCUT2D eigenvalue weighted by Gasteiger charge is -2.10. The summed E-state index contributed by atoms with van der Waals surface area (Å²) in [5, 5.41) is 2.95. The topological polar surface area (TPSA) is 29.1 Å². The maximum absolute atomic E-state index is 11.3. The van der Waals surface area contributed by atoms with Gasteiger partial charge < -0.3 is 5.32 Å². The van der Waals surface area contributed by atoms with Gasteiger partial charge in [-0.05, 0) is 23.8 Å². The van der Waals surface area contributed by atoms with E-state index < -0.39 is 0 Å². The van der Waals surface area contributed by atoms with Crippen LogP contribution < -0.4 is 5.32 Å². The van der Waals surface area contributed by atoms with Crippen LogP contribution in [0.15, 0.2) is 12.2 Å². The quantitative estimate of drug-likeness (QED) is 0.649. The SMILES string of the molecule is CC1CC1NC(=O)/C=C/C(C)(C)C. The molecule has 1 amide bonds. The molecule has 1 rings (SSSR count). The minimum Gasteiger partial charge on any atom is -0.350 e. The molecule has 2 atom stereocenters. The average molecular weight is 181 g/mol. The average Bonchev–Trinajstić information content (AvgIpc) is 2.61. The van der Waals surface area contributed by atoms with Crippen LogP contribution >= 0.6 is 0 Å². The summed E-state index contributed by atoms with van der Waals surface area (Å²) < 4.78 is 0. The molecule has 1 saturated carbocycles. The highest BCUT2D eigenvalue weighted by atomic mass is 16.1. The first-order valence-electron chi connectivity index (χ1n) is 4.88. The molecule has 1 aliphatic carbocycles. The molecule has 0 aromatic carbocycles. The number of hydrogen-bond acceptors (Lipinski definition) is 1. The van der Waals surface area contributed by atoms with Crippen molar-refractivity contribution >= 4 is 5.91 Å². The summed E-state index contributed by atoms with van der Waals surface area (Å²) in [5.41, 5.74) is 0.0898. The molecule has 0 aliphatic heterocycles. The molecule has 0 spiro atoms. The second-order valence-corrected chi connectivity index (χ2v) is 5.03. The Hall–Kier alpha value is -0.790. The Morgan fingerprint density at radius 3 is 2.38 bits per heavy atom. The molecule has 2 heteroatoms. The third kappa shape index (κ3) is 4.11. The van der Waals surface area contributed by atoms with Gasteiger partial charge in [-0.2, -0.15) is 0 Å². The molecule has 74 valence electrons. The molecule has 0 radical (unpaired) electrons. The highest BCUT2D eigenvalue weighted by Gasteiger charge is 2.33. The standard InChI is InChI=1S/C11H19NO/c1-8-7-9(8)12-10(13)5-6-11(2,3)4/h5-6,8-9H,7H2,1-4H3,(H,12,13)/b6-5+. The lowest BCUT2D eigenvalue weighted by molar-refractivity contribution is -0.116. The first kappa shape index (κ1) is 10.3. The fourth-order valence-electron chi connectivity index (χ4n) is 1.08. The zero-order valence-electron chi connectivity index (χ0n) is 8.92. The van der Waals surface area contributed by atoms with Crippen LogP contribution in [0.2, 0.25) is 0 Å². The number of carbonyl (C=O) groups excluding carboxylic acids is 1. The number of allylic oxidation sites excluding steroid dienone is 1. The molecular weight excluding hydrogens is 162 g/mol. The number of rotatable bonds is 2. The van der Waals surface area contributed by atoms with E-state index >= 15 is 0 Å². The zero-order valence-corrected chi connectivity index (χ0v) is 8.92. The fraction of sp³-hybridized carbons (Fsp3) is 0.727. The van der Waals surface area contributed by atoms with Gasteiger partial charge in [-0.3, -0.25) is 4.79 Å². The van der Waals surface area contributed by atoms with Gasteiger partial charge in [-0.25, -0.2) is 0 Å². The summed E-state index contributed by atoms with van der Waals surface area (Å²) in [6.07, 6.45) is 4.72. The molecular formula is C11H19NO. The van der Waals surface area contributed by atoms with Crippen molar-refractivity contribution in [2.75, 3.05) is 0 Å². The van der Waals surface area contributed by atoms with E-state index in [0.29, 0.717) is 12.0 Å². The lowest BCUT2D eigenvalue weighted by atomic mass is 9.96. The fourth-order valence-corrected chi connectivity index (χ4v) is 1.08. The number of hydrogen-bond donors (Lipinski definition) is 1. The number of carbonyl (C=O) groups is 1. The number of amides is 1. The largest absolute Gasteiger partial charge is 0.350 e. The Morgan fingerprint density at radius 1 is 1.46 bits per heavy atom. The van der Waals surface area contributed by atoms with Gasteiger partial charge >= 0.3 is 0 Å². The zero-order chi connectivity index (χ0) is 10.1. The van der Waals surface area contributed by atoms with Crippen molar-refractivity contribution in [1.29, 1.82) is 0 Å². The van der Waals surface area contributed by atoms with Gasteiger partial charge in [0.15, 0.2) is 0 Å². The maximum Gasteiger partial charge on any atom is 0.243 e. The van der Waals surface area contributed by atoms with Gasteiger partial charge in [0.25, 0.3) is 0 Å². The van der Waals surface area contributed by atoms with Crippen LogP contribution in [-0.4, -0.2) is 11.9 Å². The molecule has 0 saturated heterocycles. The van der Waals surface area contributed by atoms with Crippen LogP contribution in [0.3, 0.4) is 0 Å². The van der Waals surface area contributed by atoms with E-state index in [-0.39, 0.29) is 11.3 Å². The predicted octanol–water partition coefficient (Wildman–Crippen LogP) is 2.11. The first-order valence-corrected chi connectivity index (χ1v) is 4.88. The van der Waals surface area contributed by atoms with Crippen molar-refractivity contribution < 1.29 is 4.79 Å². The van der Waals surface area contributed by atoms with Crippen LogP contribution in [0.4, 0.5) is 0 Å². The molecule has 0 bridgehead atoms. The van der Waals surface area contributed by atoms with Crippen LogP contribution in [0.1, 0.15) is 34.1 Å². The van der Waals surface area contributed by atoms with Gasteiger partial charge in [0, 0.05) is 6.04 Å². The highest BCUT2D eigenvalue weighted by Crippen LogP contribution is 2.28. The Kier molecular flexibility index (Phi) is 2.79. The Bertz CT molecular complexity index is 225. The van der Waals surface area contributed by atoms with E-state index in [1.54, 1.807) is 6.08 Å². The van der Waals surface area contributed by atoms with E-state index in [1.807, 2.05) is 6.08 Å². The second kappa shape index (κ2) is 3.52. The molecule has 2 nitrogen and oxygen atoms in total. The molecule has 2 unspecified atom stereocenters. The Balaban J connectivity index is 2.29. The van der Waals surface area contributed by atoms with Gasteiger partial charge in [-0.1, -0.05) is 33.8 Å². The van der Waals surface area contributed by atoms with Crippen LogP contribution in [0.25, 0.3) is 0 Å². The summed E-state index contributed by atoms with van der Waals surface area (Å²) in [5.74, 6) is 0.719. The summed E-state index contributed by atoms with van der Waals surface area (Å²) in [6.45, 7) is 8.39. The molecule has 0 aromatic heterocycles. The van der Waals surface area contributed by atoms with E-state index in [9.17, 15) is 4.79 Å². The molecule has 13 heavy (non-hydrogen) atoms.